The number of carbonyl (C=O) groups is 1. The van der Waals surface area contributed by atoms with E-state index in [2.05, 4.69) is 0 Å². The van der Waals surface area contributed by atoms with Crippen molar-refractivity contribution in [1.29, 1.82) is 0 Å². The molecule has 0 spiro atoms. The Morgan fingerprint density at radius 1 is 1.40 bits per heavy atom. The number of benzene rings is 1. The molecule has 1 saturated heterocycles. The highest BCUT2D eigenvalue weighted by atomic mass is 35.5. The van der Waals surface area contributed by atoms with Gasteiger partial charge in [-0.2, -0.15) is 4.31 Å². The summed E-state index contributed by atoms with van der Waals surface area (Å²) in [6, 6.07) is 3.87. The minimum Gasteiger partial charge on any atom is -0.424 e. The number of carbonyl (C=O) groups excluding carboxylic acids is 1. The van der Waals surface area contributed by atoms with Gasteiger partial charge in [-0.15, -0.1) is 0 Å². The van der Waals surface area contributed by atoms with Crippen molar-refractivity contribution in [1.82, 2.24) is 4.31 Å². The van der Waals surface area contributed by atoms with E-state index in [0.29, 0.717) is 19.4 Å². The van der Waals surface area contributed by atoms with Crippen LogP contribution in [0.1, 0.15) is 12.8 Å². The highest BCUT2D eigenvalue weighted by Crippen LogP contribution is 2.32. The Morgan fingerprint density at radius 2 is 2.10 bits per heavy atom. The van der Waals surface area contributed by atoms with Gasteiger partial charge in [-0.1, -0.05) is 29.3 Å². The maximum atomic E-state index is 12.1. The molecule has 0 aliphatic carbocycles. The first-order valence-electron chi connectivity index (χ1n) is 5.93. The summed E-state index contributed by atoms with van der Waals surface area (Å²) in [4.78, 5) is 12.1. The van der Waals surface area contributed by atoms with Gasteiger partial charge in [-0.25, -0.2) is 13.2 Å². The van der Waals surface area contributed by atoms with Crippen molar-refractivity contribution in [3.8, 4) is 5.75 Å². The van der Waals surface area contributed by atoms with Gasteiger partial charge in [0, 0.05) is 6.54 Å². The average molecular weight is 338 g/mol. The summed E-state index contributed by atoms with van der Waals surface area (Å²) < 4.78 is 29.5. The van der Waals surface area contributed by atoms with E-state index in [9.17, 15) is 13.2 Å². The van der Waals surface area contributed by atoms with E-state index in [1.807, 2.05) is 0 Å². The highest BCUT2D eigenvalue weighted by Gasteiger charge is 2.38. The third-order valence-electron chi connectivity index (χ3n) is 3.03. The predicted octanol–water partition coefficient (Wildman–Crippen LogP) is 2.32. The van der Waals surface area contributed by atoms with Crippen LogP contribution in [-0.4, -0.2) is 37.5 Å². The minimum absolute atomic E-state index is 0.129. The van der Waals surface area contributed by atoms with E-state index in [0.717, 1.165) is 10.6 Å². The van der Waals surface area contributed by atoms with Gasteiger partial charge in [0.2, 0.25) is 10.0 Å². The largest absolute Gasteiger partial charge is 0.424 e. The number of rotatable bonds is 3. The lowest BCUT2D eigenvalue weighted by molar-refractivity contribution is -0.137. The lowest BCUT2D eigenvalue weighted by Crippen LogP contribution is -2.41. The molecule has 5 nitrogen and oxygen atoms in total. The van der Waals surface area contributed by atoms with Crippen LogP contribution in [-0.2, 0) is 14.8 Å². The first kappa shape index (κ1) is 15.6. The SMILES string of the molecule is CS(=O)(=O)N1CCC[C@@H]1C(=O)Oc1cccc(Cl)c1Cl. The van der Waals surface area contributed by atoms with Gasteiger partial charge >= 0.3 is 5.97 Å². The molecule has 0 amide bonds. The molecule has 8 heteroatoms. The van der Waals surface area contributed by atoms with E-state index in [4.69, 9.17) is 27.9 Å². The molecule has 1 heterocycles. The summed E-state index contributed by atoms with van der Waals surface area (Å²) in [5, 5.41) is 0.398. The van der Waals surface area contributed by atoms with E-state index in [1.54, 1.807) is 12.1 Å². The van der Waals surface area contributed by atoms with Crippen molar-refractivity contribution in [3.63, 3.8) is 0 Å². The average Bonchev–Trinajstić information content (AvgIpc) is 2.84. The van der Waals surface area contributed by atoms with Crippen LogP contribution in [0.15, 0.2) is 18.2 Å². The number of hydrogen-bond donors (Lipinski definition) is 0. The molecule has 1 aromatic rings. The lowest BCUT2D eigenvalue weighted by Gasteiger charge is -2.20. The third kappa shape index (κ3) is 3.25. The van der Waals surface area contributed by atoms with E-state index in [-0.39, 0.29) is 15.8 Å². The van der Waals surface area contributed by atoms with Crippen molar-refractivity contribution >= 4 is 39.2 Å². The number of esters is 1. The van der Waals surface area contributed by atoms with Crippen LogP contribution in [0.3, 0.4) is 0 Å². The van der Waals surface area contributed by atoms with Crippen LogP contribution in [0.5, 0.6) is 5.75 Å². The number of ether oxygens (including phenoxy) is 1. The minimum atomic E-state index is -3.43. The second-order valence-corrected chi connectivity index (χ2v) is 7.23. The highest BCUT2D eigenvalue weighted by molar-refractivity contribution is 7.88. The molecule has 2 rings (SSSR count). The van der Waals surface area contributed by atoms with Crippen LogP contribution in [0.2, 0.25) is 10.0 Å². The van der Waals surface area contributed by atoms with Crippen molar-refractivity contribution in [2.75, 3.05) is 12.8 Å². The molecule has 0 aromatic heterocycles. The van der Waals surface area contributed by atoms with Gasteiger partial charge in [0.05, 0.1) is 11.3 Å². The molecule has 1 atom stereocenters. The monoisotopic (exact) mass is 337 g/mol. The first-order valence-corrected chi connectivity index (χ1v) is 8.53. The first-order chi connectivity index (χ1) is 9.30. The van der Waals surface area contributed by atoms with Crippen molar-refractivity contribution < 1.29 is 17.9 Å². The van der Waals surface area contributed by atoms with Crippen LogP contribution >= 0.6 is 23.2 Å². The molecule has 1 fully saturated rings. The number of halogens is 2. The quantitative estimate of drug-likeness (QED) is 0.627. The second-order valence-electron chi connectivity index (χ2n) is 4.50. The van der Waals surface area contributed by atoms with Crippen molar-refractivity contribution in [2.24, 2.45) is 0 Å². The number of hydrogen-bond acceptors (Lipinski definition) is 4. The van der Waals surface area contributed by atoms with E-state index in [1.165, 1.54) is 6.07 Å². The summed E-state index contributed by atoms with van der Waals surface area (Å²) >= 11 is 11.8. The Balaban J connectivity index is 2.18. The summed E-state index contributed by atoms with van der Waals surface area (Å²) in [6.07, 6.45) is 2.13. The second kappa shape index (κ2) is 5.89. The van der Waals surface area contributed by atoms with Gasteiger partial charge in [0.1, 0.15) is 11.1 Å². The van der Waals surface area contributed by atoms with Crippen LogP contribution in [0, 0.1) is 0 Å². The Labute approximate surface area is 127 Å². The van der Waals surface area contributed by atoms with Crippen molar-refractivity contribution in [2.45, 2.75) is 18.9 Å². The lowest BCUT2D eigenvalue weighted by atomic mass is 10.2. The fraction of sp³-hybridized carbons (Fsp3) is 0.417. The van der Waals surface area contributed by atoms with Gasteiger partial charge in [-0.3, -0.25) is 0 Å². The maximum absolute atomic E-state index is 12.1. The Kier molecular flexibility index (Phi) is 4.59. The fourth-order valence-electron chi connectivity index (χ4n) is 2.11. The van der Waals surface area contributed by atoms with Crippen molar-refractivity contribution in [3.05, 3.63) is 28.2 Å². The standard InChI is InChI=1S/C12H13Cl2NO4S/c1-20(17,18)15-7-3-5-9(15)12(16)19-10-6-2-4-8(13)11(10)14/h2,4,6,9H,3,5,7H2,1H3/t9-/m1/s1. The summed E-state index contributed by atoms with van der Waals surface area (Å²) in [7, 11) is -3.43. The maximum Gasteiger partial charge on any atom is 0.329 e. The van der Waals surface area contributed by atoms with Crippen LogP contribution < -0.4 is 4.74 Å². The summed E-state index contributed by atoms with van der Waals surface area (Å²) in [5.41, 5.74) is 0. The molecule has 0 unspecified atom stereocenters. The van der Waals surface area contributed by atoms with Gasteiger partial charge < -0.3 is 4.74 Å². The predicted molar refractivity (Wildman–Crippen MR) is 76.7 cm³/mol. The zero-order valence-corrected chi connectivity index (χ0v) is 13.0. The molecule has 110 valence electrons. The zero-order valence-electron chi connectivity index (χ0n) is 10.7. The molecule has 0 radical (unpaired) electrons. The third-order valence-corrected chi connectivity index (χ3v) is 5.12. The zero-order chi connectivity index (χ0) is 14.9. The molecule has 20 heavy (non-hydrogen) atoms. The Morgan fingerprint density at radius 3 is 2.75 bits per heavy atom. The fourth-order valence-corrected chi connectivity index (χ4v) is 3.56. The summed E-state index contributed by atoms with van der Waals surface area (Å²) in [6.45, 7) is 0.321. The number of nitrogens with zero attached hydrogens (tertiary/aromatic N) is 1. The molecule has 1 aliphatic heterocycles. The van der Waals surface area contributed by atoms with Crippen LogP contribution in [0.4, 0.5) is 0 Å². The Hall–Kier alpha value is -0.820. The molecule has 0 N–H and O–H groups in total. The molecular weight excluding hydrogens is 325 g/mol. The van der Waals surface area contributed by atoms with E-state index < -0.39 is 22.0 Å². The Bertz CT molecular complexity index is 632. The van der Waals surface area contributed by atoms with Gasteiger partial charge in [0.15, 0.2) is 5.75 Å². The normalized spacial score (nSPS) is 20.1. The summed E-state index contributed by atoms with van der Waals surface area (Å²) in [5.74, 6) is -0.512. The van der Waals surface area contributed by atoms with E-state index >= 15 is 0 Å². The van der Waals surface area contributed by atoms with Crippen LogP contribution in [0.25, 0.3) is 0 Å². The topological polar surface area (TPSA) is 63.7 Å². The smallest absolute Gasteiger partial charge is 0.329 e. The number of sulfonamides is 1. The molecule has 0 bridgehead atoms. The van der Waals surface area contributed by atoms with Gasteiger partial charge in [0.25, 0.3) is 0 Å². The van der Waals surface area contributed by atoms with Gasteiger partial charge in [-0.05, 0) is 25.0 Å². The molecule has 1 aliphatic rings. The molecular formula is C12H13Cl2NO4S. The molecule has 1 aromatic carbocycles. The molecule has 0 saturated carbocycles.